The fourth-order valence-electron chi connectivity index (χ4n) is 3.58. The van der Waals surface area contributed by atoms with Crippen molar-refractivity contribution in [2.75, 3.05) is 6.54 Å². The van der Waals surface area contributed by atoms with Crippen LogP contribution >= 0.6 is 0 Å². The Labute approximate surface area is 136 Å². The second kappa shape index (κ2) is 5.87. The third kappa shape index (κ3) is 2.80. The number of rotatable bonds is 3. The number of nitrogens with zero attached hydrogens (tertiary/aromatic N) is 3. The molecule has 0 bridgehead atoms. The van der Waals surface area contributed by atoms with E-state index in [0.717, 1.165) is 44.4 Å². The first-order chi connectivity index (χ1) is 11.2. The quantitative estimate of drug-likeness (QED) is 0.869. The van der Waals surface area contributed by atoms with E-state index in [0.29, 0.717) is 11.6 Å². The molecule has 1 saturated carbocycles. The summed E-state index contributed by atoms with van der Waals surface area (Å²) in [5.74, 6) is 1.36. The lowest BCUT2D eigenvalue weighted by Gasteiger charge is -2.30. The maximum absolute atomic E-state index is 13.0. The van der Waals surface area contributed by atoms with Crippen molar-refractivity contribution in [2.45, 2.75) is 50.5 Å². The highest BCUT2D eigenvalue weighted by Gasteiger charge is 2.33. The van der Waals surface area contributed by atoms with E-state index in [1.165, 1.54) is 12.1 Å². The van der Waals surface area contributed by atoms with Gasteiger partial charge in [-0.05, 0) is 37.8 Å². The van der Waals surface area contributed by atoms with Crippen LogP contribution in [0.1, 0.15) is 72.4 Å². The van der Waals surface area contributed by atoms with Crippen molar-refractivity contribution in [2.24, 2.45) is 7.05 Å². The van der Waals surface area contributed by atoms with Crippen molar-refractivity contribution < 1.29 is 9.32 Å². The predicted octanol–water partition coefficient (Wildman–Crippen LogP) is 3.65. The molecule has 1 amide bonds. The van der Waals surface area contributed by atoms with Gasteiger partial charge in [0.2, 0.25) is 0 Å². The number of hydrogen-bond acceptors (Lipinski definition) is 3. The summed E-state index contributed by atoms with van der Waals surface area (Å²) in [7, 11) is 2.05. The van der Waals surface area contributed by atoms with Gasteiger partial charge in [-0.15, -0.1) is 0 Å². The van der Waals surface area contributed by atoms with Gasteiger partial charge in [0.25, 0.3) is 5.91 Å². The van der Waals surface area contributed by atoms with E-state index in [2.05, 4.69) is 15.8 Å². The van der Waals surface area contributed by atoms with E-state index >= 15 is 0 Å². The molecule has 2 aromatic heterocycles. The van der Waals surface area contributed by atoms with Crippen molar-refractivity contribution >= 4 is 5.91 Å². The predicted molar refractivity (Wildman–Crippen MR) is 86.1 cm³/mol. The molecule has 0 radical (unpaired) electrons. The highest BCUT2D eigenvalue weighted by molar-refractivity contribution is 5.92. The molecule has 0 spiro atoms. The SMILES string of the molecule is Cn1cccc1C1CCCCCN1C(=O)c1cc(C2CC2)on1. The summed E-state index contributed by atoms with van der Waals surface area (Å²) in [5.41, 5.74) is 1.67. The molecule has 23 heavy (non-hydrogen) atoms. The van der Waals surface area contributed by atoms with Crippen LogP contribution in [-0.4, -0.2) is 27.1 Å². The van der Waals surface area contributed by atoms with Crippen LogP contribution in [0.2, 0.25) is 0 Å². The molecule has 2 fully saturated rings. The summed E-state index contributed by atoms with van der Waals surface area (Å²) >= 11 is 0. The van der Waals surface area contributed by atoms with Crippen LogP contribution in [-0.2, 0) is 7.05 Å². The minimum absolute atomic E-state index is 0.00810. The third-order valence-electron chi connectivity index (χ3n) is 5.07. The van der Waals surface area contributed by atoms with E-state index in [9.17, 15) is 4.79 Å². The molecular weight excluding hydrogens is 290 g/mol. The molecule has 3 heterocycles. The van der Waals surface area contributed by atoms with Crippen molar-refractivity contribution in [3.63, 3.8) is 0 Å². The first kappa shape index (κ1) is 14.5. The molecule has 1 saturated heterocycles. The first-order valence-corrected chi connectivity index (χ1v) is 8.63. The summed E-state index contributed by atoms with van der Waals surface area (Å²) in [4.78, 5) is 15.0. The largest absolute Gasteiger partial charge is 0.360 e. The molecule has 1 aliphatic heterocycles. The Kier molecular flexibility index (Phi) is 3.71. The molecule has 2 aromatic rings. The smallest absolute Gasteiger partial charge is 0.276 e. The number of aromatic nitrogens is 2. The molecule has 0 aromatic carbocycles. The second-order valence-corrected chi connectivity index (χ2v) is 6.80. The molecular formula is C18H23N3O2. The van der Waals surface area contributed by atoms with Gasteiger partial charge in [-0.1, -0.05) is 18.0 Å². The lowest BCUT2D eigenvalue weighted by atomic mass is 10.1. The standard InChI is InChI=1S/C18H23N3O2/c1-20-10-5-7-15(20)16-6-3-2-4-11-21(16)18(22)14-12-17(23-19-14)13-8-9-13/h5,7,10,12-13,16H,2-4,6,8-9,11H2,1H3. The third-order valence-corrected chi connectivity index (χ3v) is 5.07. The van der Waals surface area contributed by atoms with Gasteiger partial charge >= 0.3 is 0 Å². The normalized spacial score (nSPS) is 22.1. The molecule has 2 aliphatic rings. The monoisotopic (exact) mass is 313 g/mol. The highest BCUT2D eigenvalue weighted by Crippen LogP contribution is 2.40. The van der Waals surface area contributed by atoms with Crippen LogP contribution in [0, 0.1) is 0 Å². The lowest BCUT2D eigenvalue weighted by molar-refractivity contribution is 0.0664. The molecule has 122 valence electrons. The van der Waals surface area contributed by atoms with Gasteiger partial charge in [-0.2, -0.15) is 0 Å². The Morgan fingerprint density at radius 1 is 1.26 bits per heavy atom. The minimum Gasteiger partial charge on any atom is -0.360 e. The average Bonchev–Trinajstić information content (AvgIpc) is 3.22. The molecule has 5 nitrogen and oxygen atoms in total. The van der Waals surface area contributed by atoms with Crippen LogP contribution in [0.25, 0.3) is 0 Å². The van der Waals surface area contributed by atoms with Crippen LogP contribution < -0.4 is 0 Å². The summed E-state index contributed by atoms with van der Waals surface area (Å²) in [6.07, 6.45) is 8.75. The summed E-state index contributed by atoms with van der Waals surface area (Å²) in [6.45, 7) is 0.792. The zero-order valence-electron chi connectivity index (χ0n) is 13.6. The van der Waals surface area contributed by atoms with Gasteiger partial charge in [0.1, 0.15) is 5.76 Å². The van der Waals surface area contributed by atoms with E-state index in [4.69, 9.17) is 4.52 Å². The molecule has 1 unspecified atom stereocenters. The zero-order valence-corrected chi connectivity index (χ0v) is 13.6. The fraction of sp³-hybridized carbons (Fsp3) is 0.556. The van der Waals surface area contributed by atoms with Gasteiger partial charge < -0.3 is 14.0 Å². The molecule has 4 rings (SSSR count). The fourth-order valence-corrected chi connectivity index (χ4v) is 3.58. The molecule has 0 N–H and O–H groups in total. The van der Waals surface area contributed by atoms with Gasteiger partial charge in [0.15, 0.2) is 5.69 Å². The van der Waals surface area contributed by atoms with Crippen LogP contribution in [0.4, 0.5) is 0 Å². The maximum Gasteiger partial charge on any atom is 0.276 e. The summed E-state index contributed by atoms with van der Waals surface area (Å²) in [6, 6.07) is 6.15. The Hall–Kier alpha value is -2.04. The van der Waals surface area contributed by atoms with Gasteiger partial charge in [-0.3, -0.25) is 4.79 Å². The lowest BCUT2D eigenvalue weighted by Crippen LogP contribution is -2.35. The van der Waals surface area contributed by atoms with Crippen LogP contribution in [0.5, 0.6) is 0 Å². The van der Waals surface area contributed by atoms with E-state index in [1.807, 2.05) is 30.3 Å². The molecule has 5 heteroatoms. The number of hydrogen-bond donors (Lipinski definition) is 0. The van der Waals surface area contributed by atoms with E-state index in [1.54, 1.807) is 0 Å². The average molecular weight is 313 g/mol. The number of carbonyl (C=O) groups excluding carboxylic acids is 1. The van der Waals surface area contributed by atoms with E-state index in [-0.39, 0.29) is 11.9 Å². The van der Waals surface area contributed by atoms with Gasteiger partial charge in [0, 0.05) is 37.5 Å². The number of amides is 1. The highest BCUT2D eigenvalue weighted by atomic mass is 16.5. The summed E-state index contributed by atoms with van der Waals surface area (Å²) < 4.78 is 7.50. The number of aryl methyl sites for hydroxylation is 1. The maximum atomic E-state index is 13.0. The Balaban J connectivity index is 1.62. The molecule has 1 atom stereocenters. The Bertz CT molecular complexity index is 699. The minimum atomic E-state index is 0.00810. The van der Waals surface area contributed by atoms with Gasteiger partial charge in [-0.25, -0.2) is 0 Å². The Morgan fingerprint density at radius 3 is 2.87 bits per heavy atom. The van der Waals surface area contributed by atoms with Crippen molar-refractivity contribution in [1.82, 2.24) is 14.6 Å². The van der Waals surface area contributed by atoms with Crippen LogP contribution in [0.3, 0.4) is 0 Å². The van der Waals surface area contributed by atoms with Crippen molar-refractivity contribution in [3.05, 3.63) is 41.5 Å². The van der Waals surface area contributed by atoms with E-state index < -0.39 is 0 Å². The van der Waals surface area contributed by atoms with Crippen molar-refractivity contribution in [3.8, 4) is 0 Å². The second-order valence-electron chi connectivity index (χ2n) is 6.80. The van der Waals surface area contributed by atoms with Crippen molar-refractivity contribution in [1.29, 1.82) is 0 Å². The first-order valence-electron chi connectivity index (χ1n) is 8.63. The number of likely N-dealkylation sites (tertiary alicyclic amines) is 1. The van der Waals surface area contributed by atoms with Gasteiger partial charge in [0.05, 0.1) is 6.04 Å². The van der Waals surface area contributed by atoms with Crippen LogP contribution in [0.15, 0.2) is 28.9 Å². The zero-order chi connectivity index (χ0) is 15.8. The molecule has 1 aliphatic carbocycles. The number of carbonyl (C=O) groups is 1. The topological polar surface area (TPSA) is 51.3 Å². The Morgan fingerprint density at radius 2 is 2.13 bits per heavy atom. The summed E-state index contributed by atoms with van der Waals surface area (Å²) in [5, 5.41) is 4.05.